The third kappa shape index (κ3) is 5.57. The standard InChI is InChI=1S/C13H23BO2/c14-12-9-5-3-1-2-4-7-11(13(15)16)8-6-10-12/h11-12H,1-10H2,(H,15,16). The van der Waals surface area contributed by atoms with E-state index >= 15 is 0 Å². The van der Waals surface area contributed by atoms with Crippen molar-refractivity contribution in [2.75, 3.05) is 0 Å². The molecule has 2 unspecified atom stereocenters. The molecule has 90 valence electrons. The highest BCUT2D eigenvalue weighted by molar-refractivity contribution is 6.11. The fraction of sp³-hybridized carbons (Fsp3) is 0.923. The Labute approximate surface area is 100 Å². The van der Waals surface area contributed by atoms with Crippen molar-refractivity contribution >= 4 is 13.8 Å². The van der Waals surface area contributed by atoms with Crippen LogP contribution in [0.1, 0.15) is 64.2 Å². The first-order valence-corrected chi connectivity index (χ1v) is 6.68. The minimum Gasteiger partial charge on any atom is -0.481 e. The molecule has 0 heterocycles. The lowest BCUT2D eigenvalue weighted by molar-refractivity contribution is -0.142. The Bertz CT molecular complexity index is 206. The normalized spacial score (nSPS) is 30.0. The highest BCUT2D eigenvalue weighted by atomic mass is 16.4. The molecule has 1 N–H and O–H groups in total. The van der Waals surface area contributed by atoms with Gasteiger partial charge in [0, 0.05) is 0 Å². The van der Waals surface area contributed by atoms with Crippen molar-refractivity contribution < 1.29 is 9.90 Å². The summed E-state index contributed by atoms with van der Waals surface area (Å²) in [6, 6.07) is 0. The quantitative estimate of drug-likeness (QED) is 0.688. The van der Waals surface area contributed by atoms with Gasteiger partial charge in [0.15, 0.2) is 0 Å². The summed E-state index contributed by atoms with van der Waals surface area (Å²) in [6.07, 6.45) is 10.7. The first kappa shape index (κ1) is 13.6. The van der Waals surface area contributed by atoms with Crippen molar-refractivity contribution in [3.63, 3.8) is 0 Å². The maximum absolute atomic E-state index is 11.0. The Hall–Kier alpha value is -0.465. The van der Waals surface area contributed by atoms with Gasteiger partial charge in [-0.05, 0) is 12.8 Å². The second-order valence-corrected chi connectivity index (χ2v) is 5.07. The Morgan fingerprint density at radius 3 is 2.06 bits per heavy atom. The molecule has 0 saturated heterocycles. The van der Waals surface area contributed by atoms with Gasteiger partial charge in [-0.25, -0.2) is 0 Å². The van der Waals surface area contributed by atoms with Gasteiger partial charge in [0.2, 0.25) is 0 Å². The molecular weight excluding hydrogens is 199 g/mol. The van der Waals surface area contributed by atoms with E-state index in [1.54, 1.807) is 0 Å². The molecule has 2 radical (unpaired) electrons. The lowest BCUT2D eigenvalue weighted by atomic mass is 9.78. The van der Waals surface area contributed by atoms with Gasteiger partial charge in [0.1, 0.15) is 0 Å². The number of hydrogen-bond acceptors (Lipinski definition) is 1. The monoisotopic (exact) mass is 222 g/mol. The van der Waals surface area contributed by atoms with Crippen LogP contribution in [0.3, 0.4) is 0 Å². The van der Waals surface area contributed by atoms with Crippen molar-refractivity contribution in [1.29, 1.82) is 0 Å². The number of rotatable bonds is 1. The van der Waals surface area contributed by atoms with Gasteiger partial charge >= 0.3 is 5.97 Å². The van der Waals surface area contributed by atoms with E-state index in [1.165, 1.54) is 25.7 Å². The van der Waals surface area contributed by atoms with E-state index in [9.17, 15) is 4.79 Å². The predicted molar refractivity (Wildman–Crippen MR) is 66.8 cm³/mol. The highest BCUT2D eigenvalue weighted by Crippen LogP contribution is 2.25. The van der Waals surface area contributed by atoms with Crippen molar-refractivity contribution in [2.24, 2.45) is 5.92 Å². The molecule has 0 aromatic heterocycles. The number of carbonyl (C=O) groups is 1. The summed E-state index contributed by atoms with van der Waals surface area (Å²) < 4.78 is 0. The van der Waals surface area contributed by atoms with Crippen molar-refractivity contribution in [2.45, 2.75) is 70.0 Å². The molecule has 16 heavy (non-hydrogen) atoms. The molecule has 0 bridgehead atoms. The summed E-state index contributed by atoms with van der Waals surface area (Å²) >= 11 is 0. The zero-order chi connectivity index (χ0) is 11.8. The van der Waals surface area contributed by atoms with Crippen LogP contribution in [0, 0.1) is 5.92 Å². The molecule has 1 fully saturated rings. The molecule has 1 aliphatic rings. The van der Waals surface area contributed by atoms with Crippen LogP contribution < -0.4 is 0 Å². The number of carboxylic acids is 1. The SMILES string of the molecule is [B]C1CCCCCCCC(C(=O)O)CCC1. The first-order valence-electron chi connectivity index (χ1n) is 6.68. The molecule has 2 atom stereocenters. The summed E-state index contributed by atoms with van der Waals surface area (Å²) in [6.45, 7) is 0. The third-order valence-electron chi connectivity index (χ3n) is 3.60. The molecule has 0 aliphatic heterocycles. The van der Waals surface area contributed by atoms with Crippen LogP contribution in [-0.4, -0.2) is 18.9 Å². The van der Waals surface area contributed by atoms with Gasteiger partial charge in [0.05, 0.1) is 13.8 Å². The topological polar surface area (TPSA) is 37.3 Å². The summed E-state index contributed by atoms with van der Waals surface area (Å²) in [7, 11) is 5.99. The molecule has 1 aliphatic carbocycles. The minimum atomic E-state index is -0.620. The van der Waals surface area contributed by atoms with Crippen molar-refractivity contribution in [3.8, 4) is 0 Å². The second kappa shape index (κ2) is 7.75. The van der Waals surface area contributed by atoms with Crippen molar-refractivity contribution in [3.05, 3.63) is 0 Å². The number of hydrogen-bond donors (Lipinski definition) is 1. The first-order chi connectivity index (χ1) is 7.70. The van der Waals surface area contributed by atoms with Gasteiger partial charge in [-0.2, -0.15) is 0 Å². The van der Waals surface area contributed by atoms with E-state index in [2.05, 4.69) is 0 Å². The highest BCUT2D eigenvalue weighted by Gasteiger charge is 2.17. The van der Waals surface area contributed by atoms with Crippen LogP contribution in [0.2, 0.25) is 5.82 Å². The molecule has 1 rings (SSSR count). The van der Waals surface area contributed by atoms with Gasteiger partial charge in [0.25, 0.3) is 0 Å². The molecule has 0 aromatic carbocycles. The average Bonchev–Trinajstić information content (AvgIpc) is 2.22. The Morgan fingerprint density at radius 2 is 1.38 bits per heavy atom. The van der Waals surface area contributed by atoms with Crippen LogP contribution in [0.15, 0.2) is 0 Å². The summed E-state index contributed by atoms with van der Waals surface area (Å²) in [4.78, 5) is 11.0. The molecule has 0 spiro atoms. The van der Waals surface area contributed by atoms with Crippen LogP contribution in [0.5, 0.6) is 0 Å². The fourth-order valence-corrected chi connectivity index (χ4v) is 2.49. The Kier molecular flexibility index (Phi) is 6.59. The summed E-state index contributed by atoms with van der Waals surface area (Å²) in [5, 5.41) is 9.08. The number of aliphatic carboxylic acids is 1. The van der Waals surface area contributed by atoms with E-state index in [4.69, 9.17) is 13.0 Å². The van der Waals surface area contributed by atoms with E-state index in [1.807, 2.05) is 0 Å². The van der Waals surface area contributed by atoms with Gasteiger partial charge in [-0.15, -0.1) is 0 Å². The van der Waals surface area contributed by atoms with E-state index in [-0.39, 0.29) is 11.7 Å². The van der Waals surface area contributed by atoms with Crippen LogP contribution in [-0.2, 0) is 4.79 Å². The predicted octanol–water partition coefficient (Wildman–Crippen LogP) is 3.56. The average molecular weight is 222 g/mol. The lowest BCUT2D eigenvalue weighted by Gasteiger charge is -2.16. The molecule has 2 nitrogen and oxygen atoms in total. The van der Waals surface area contributed by atoms with Gasteiger partial charge < -0.3 is 5.11 Å². The smallest absolute Gasteiger partial charge is 0.306 e. The Morgan fingerprint density at radius 1 is 0.875 bits per heavy atom. The maximum Gasteiger partial charge on any atom is 0.306 e. The Balaban J connectivity index is 2.37. The minimum absolute atomic E-state index is 0.133. The zero-order valence-corrected chi connectivity index (χ0v) is 10.2. The van der Waals surface area contributed by atoms with Crippen LogP contribution >= 0.6 is 0 Å². The van der Waals surface area contributed by atoms with E-state index < -0.39 is 5.97 Å². The van der Waals surface area contributed by atoms with Crippen LogP contribution in [0.25, 0.3) is 0 Å². The van der Waals surface area contributed by atoms with Gasteiger partial charge in [-0.3, -0.25) is 4.79 Å². The van der Waals surface area contributed by atoms with Gasteiger partial charge in [-0.1, -0.05) is 57.2 Å². The fourth-order valence-electron chi connectivity index (χ4n) is 2.49. The third-order valence-corrected chi connectivity index (χ3v) is 3.60. The molecule has 3 heteroatoms. The molecule has 0 aromatic rings. The van der Waals surface area contributed by atoms with Crippen LogP contribution in [0.4, 0.5) is 0 Å². The summed E-state index contributed by atoms with van der Waals surface area (Å²) in [5.41, 5.74) is 0. The molecule has 0 amide bonds. The zero-order valence-electron chi connectivity index (χ0n) is 10.2. The maximum atomic E-state index is 11.0. The lowest BCUT2D eigenvalue weighted by Crippen LogP contribution is -2.14. The molecule has 1 saturated carbocycles. The van der Waals surface area contributed by atoms with Crippen molar-refractivity contribution in [1.82, 2.24) is 0 Å². The molecular formula is C13H23BO2. The largest absolute Gasteiger partial charge is 0.481 e. The van der Waals surface area contributed by atoms with E-state index in [0.29, 0.717) is 0 Å². The second-order valence-electron chi connectivity index (χ2n) is 5.07. The number of carboxylic acid groups (broad SMARTS) is 1. The summed E-state index contributed by atoms with van der Waals surface area (Å²) in [5.74, 6) is -0.467. The van der Waals surface area contributed by atoms with E-state index in [0.717, 1.165) is 38.5 Å².